The summed E-state index contributed by atoms with van der Waals surface area (Å²) in [6.45, 7) is 4.33. The zero-order valence-electron chi connectivity index (χ0n) is 41.4. The summed E-state index contributed by atoms with van der Waals surface area (Å²) in [6.07, 6.45) is 0. The molecule has 30 aromatic carbocycles. The molecule has 0 saturated carbocycles. The van der Waals surface area contributed by atoms with Crippen LogP contribution in [0.4, 0.5) is 0 Å². The average Bonchev–Trinajstić information content (AvgIpc) is 1.58. The summed E-state index contributed by atoms with van der Waals surface area (Å²) in [4.78, 5) is 2.99. The Morgan fingerprint density at radius 2 is 0.582 bits per heavy atom. The Morgan fingerprint density at radius 3 is 0.886 bits per heavy atom. The molecule has 31 aromatic rings. The maximum atomic E-state index is 2.99. The van der Waals surface area contributed by atoms with Crippen LogP contribution in [0.5, 0.6) is 0 Å². The first-order valence-electron chi connectivity index (χ1n) is 29.7. The van der Waals surface area contributed by atoms with Gasteiger partial charge in [-0.05, 0) is 351 Å². The zero-order valence-corrected chi connectivity index (χ0v) is 41.4. The third-order valence-electron chi connectivity index (χ3n) is 28.3. The molecule has 79 heavy (non-hydrogen) atoms. The van der Waals surface area contributed by atoms with Crippen LogP contribution >= 0.6 is 0 Å². The molecular weight excluding hydrogens is 953 g/mol. The predicted molar refractivity (Wildman–Crippen MR) is 334 cm³/mol. The first-order valence-corrected chi connectivity index (χ1v) is 29.7. The van der Waals surface area contributed by atoms with Gasteiger partial charge in [-0.3, -0.25) is 4.90 Å². The molecule has 5 aliphatic rings. The van der Waals surface area contributed by atoms with Crippen LogP contribution in [0.3, 0.4) is 0 Å². The summed E-state index contributed by atoms with van der Waals surface area (Å²) in [5, 5.41) is 93.2. The smallest absolute Gasteiger partial charge is 0.0575 e. The second kappa shape index (κ2) is 7.15. The second-order valence-corrected chi connectivity index (χ2v) is 28.8. The van der Waals surface area contributed by atoms with Gasteiger partial charge in [-0.15, -0.1) is 0 Å². The van der Waals surface area contributed by atoms with Gasteiger partial charge < -0.3 is 4.57 Å². The molecule has 1 aromatic heterocycles. The number of hydrogen-bond donors (Lipinski definition) is 0. The Kier molecular flexibility index (Phi) is 2.77. The average molecular weight is 971 g/mol. The summed E-state index contributed by atoms with van der Waals surface area (Å²) < 4.78 is 2.58. The molecule has 1 unspecified atom stereocenters. The second-order valence-electron chi connectivity index (χ2n) is 28.8. The number of rotatable bonds is 2. The number of nitrogens with zero attached hydrogens (tertiary/aromatic N) is 2. The lowest BCUT2D eigenvalue weighted by atomic mass is 9.47. The van der Waals surface area contributed by atoms with Crippen LogP contribution < -0.4 is 0 Å². The van der Waals surface area contributed by atoms with Crippen LogP contribution in [-0.2, 0) is 17.4 Å². The Morgan fingerprint density at radius 1 is 0.316 bits per heavy atom. The van der Waals surface area contributed by atoms with Crippen LogP contribution in [0.15, 0.2) is 42.5 Å². The molecule has 2 nitrogen and oxygen atoms in total. The molecule has 36 rings (SSSR count). The number of benzene rings is 20. The van der Waals surface area contributed by atoms with Gasteiger partial charge >= 0.3 is 0 Å². The van der Waals surface area contributed by atoms with Crippen LogP contribution in [-0.4, -0.2) is 23.1 Å². The fourth-order valence-corrected chi connectivity index (χ4v) is 28.1. The Bertz CT molecular complexity index is 8000. The van der Waals surface area contributed by atoms with Gasteiger partial charge in [0.15, 0.2) is 0 Å². The molecule has 0 amide bonds. The Hall–Kier alpha value is -9.34. The van der Waals surface area contributed by atoms with Crippen molar-refractivity contribution in [3.05, 3.63) is 70.3 Å². The van der Waals surface area contributed by atoms with E-state index in [-0.39, 0.29) is 16.9 Å². The zero-order chi connectivity index (χ0) is 47.5. The predicted octanol–water partition coefficient (Wildman–Crippen LogP) is 20.1. The van der Waals surface area contributed by atoms with E-state index in [1.54, 1.807) is 313 Å². The van der Waals surface area contributed by atoms with Crippen molar-refractivity contribution in [1.29, 1.82) is 0 Å². The maximum absolute atomic E-state index is 2.99. The number of hydrogen-bond acceptors (Lipinski definition) is 1. The van der Waals surface area contributed by atoms with E-state index < -0.39 is 0 Å². The third-order valence-corrected chi connectivity index (χ3v) is 28.3. The number of fused-ring (bicyclic) bond motifs is 3. The van der Waals surface area contributed by atoms with Gasteiger partial charge in [-0.2, -0.15) is 0 Å². The van der Waals surface area contributed by atoms with E-state index in [4.69, 9.17) is 0 Å². The fraction of sp³-hybridized carbons (Fsp3) is 0.0909. The molecule has 1 aliphatic heterocycles. The van der Waals surface area contributed by atoms with Gasteiger partial charge in [-0.1, -0.05) is 24.3 Å². The van der Waals surface area contributed by atoms with Gasteiger partial charge in [0.05, 0.1) is 10.8 Å². The molecule has 2 heteroatoms. The van der Waals surface area contributed by atoms with Crippen molar-refractivity contribution in [1.82, 2.24) is 9.47 Å². The van der Waals surface area contributed by atoms with Crippen molar-refractivity contribution >= 4 is 313 Å². The van der Waals surface area contributed by atoms with Crippen molar-refractivity contribution in [2.45, 2.75) is 30.3 Å². The monoisotopic (exact) mass is 970 g/mol. The largest absolute Gasteiger partial charge is 0.341 e. The van der Waals surface area contributed by atoms with Crippen LogP contribution in [0.1, 0.15) is 40.8 Å². The highest BCUT2D eigenvalue weighted by Crippen LogP contribution is 2.87. The van der Waals surface area contributed by atoms with E-state index in [1.165, 1.54) is 27.4 Å². The minimum Gasteiger partial charge on any atom is -0.341 e. The molecule has 4 aliphatic carbocycles. The lowest BCUT2D eigenvalue weighted by Gasteiger charge is -2.52. The highest BCUT2D eigenvalue weighted by molar-refractivity contribution is 6.82. The van der Waals surface area contributed by atoms with Crippen molar-refractivity contribution < 1.29 is 0 Å². The maximum Gasteiger partial charge on any atom is 0.0575 e. The molecule has 0 N–H and O–H groups in total. The normalized spacial score (nSPS) is 22.7. The fourth-order valence-electron chi connectivity index (χ4n) is 28.1. The Labute approximate surface area is 433 Å². The minimum absolute atomic E-state index is 0.122. The molecule has 2 heterocycles. The molecule has 0 radical (unpaired) electrons. The summed E-state index contributed by atoms with van der Waals surface area (Å²) in [5.74, 6) is 0. The van der Waals surface area contributed by atoms with E-state index in [0.717, 1.165) is 13.1 Å². The van der Waals surface area contributed by atoms with Crippen molar-refractivity contribution in [3.63, 3.8) is 0 Å². The van der Waals surface area contributed by atoms with E-state index in [2.05, 4.69) is 65.9 Å². The standard InChI is InChI=1S/C77H18N2/c1-3-79-15-7-5-4-6-13(15)14-10-12(8-9-16(14)79)75-77-73-67-61-51-39-31-23-19-17-18-21-25(23)33(39)43-37-29(21)30-22(18)26-24-20(17)28-27(19)35-41(31)49-55-45(35)46-36(28)42-32(24)40-34(26)44-38(30)48-47(37)59(53(43)61)69(73)70-60(48)54(44)62-52(40)58-50(42)56(46)64-63(55)71(65(67)57(49)51)76(77,11-78(75)2)72(64)66(58)68(62)74(70)77/h4-10,75H,3,11H2,1-2H3. The number of likely N-dealkylation sites (tertiary alicyclic amines) is 1. The van der Waals surface area contributed by atoms with E-state index in [9.17, 15) is 0 Å². The van der Waals surface area contributed by atoms with E-state index in [0.29, 0.717) is 0 Å². The molecule has 1 atom stereocenters. The molecule has 1 fully saturated rings. The first kappa shape index (κ1) is 30.6. The summed E-state index contributed by atoms with van der Waals surface area (Å²) in [5.41, 5.74) is 10.7. The minimum atomic E-state index is -0.357. The molecule has 2 spiro atoms. The Balaban J connectivity index is 1.03. The van der Waals surface area contributed by atoms with Gasteiger partial charge in [0.1, 0.15) is 0 Å². The quantitative estimate of drug-likeness (QED) is 0.157. The third kappa shape index (κ3) is 1.72. The summed E-state index contributed by atoms with van der Waals surface area (Å²) in [6, 6.07) is 17.4. The molecule has 1 saturated heterocycles. The number of aromatic nitrogens is 1. The van der Waals surface area contributed by atoms with Crippen molar-refractivity contribution in [2.24, 2.45) is 0 Å². The summed E-state index contributed by atoms with van der Waals surface area (Å²) >= 11 is 0. The lowest BCUT2D eigenvalue weighted by molar-refractivity contribution is 0.271. The van der Waals surface area contributed by atoms with Gasteiger partial charge in [0, 0.05) is 40.9 Å². The number of aryl methyl sites for hydroxylation is 1. The topological polar surface area (TPSA) is 8.17 Å². The highest BCUT2D eigenvalue weighted by Gasteiger charge is 2.76. The van der Waals surface area contributed by atoms with E-state index >= 15 is 0 Å². The highest BCUT2D eigenvalue weighted by atomic mass is 15.2. The summed E-state index contributed by atoms with van der Waals surface area (Å²) in [7, 11) is 2.61. The van der Waals surface area contributed by atoms with Crippen LogP contribution in [0.25, 0.3) is 313 Å². The van der Waals surface area contributed by atoms with Crippen LogP contribution in [0.2, 0.25) is 0 Å². The van der Waals surface area contributed by atoms with Gasteiger partial charge in [0.2, 0.25) is 0 Å². The SMILES string of the molecule is CCn1c2ccccc2c2cc(C3N(C)CC45c6c7c8c9c%10c%11c(c%12c%13c4c4c6c6c%14c7c7c8c8c%10c%10c%15c%11c%11c%12c%12c%13c%13c4c4c6c6c%14c%14c7c7c8c%10c8c%10c%15c%11c%11c%12c%12c%13c4c4c6c6c%14c7c8c7c%10c%11c%12c4c67)C935)ccc21. The van der Waals surface area contributed by atoms with Crippen LogP contribution in [0, 0.1) is 0 Å². The van der Waals surface area contributed by atoms with Crippen molar-refractivity contribution in [3.8, 4) is 0 Å². The lowest BCUT2D eigenvalue weighted by Crippen LogP contribution is -2.51. The van der Waals surface area contributed by atoms with Crippen molar-refractivity contribution in [2.75, 3.05) is 13.6 Å². The molecular formula is C77H18N2. The molecule has 336 valence electrons. The van der Waals surface area contributed by atoms with Gasteiger partial charge in [-0.25, -0.2) is 0 Å². The number of para-hydroxylation sites is 1. The van der Waals surface area contributed by atoms with E-state index in [1.807, 2.05) is 0 Å². The van der Waals surface area contributed by atoms with Gasteiger partial charge in [0.25, 0.3) is 0 Å². The number of likely N-dealkylation sites (N-methyl/N-ethyl adjacent to an activating group) is 1. The molecule has 0 bridgehead atoms. The first-order chi connectivity index (χ1) is 39.3.